The fraction of sp³-hybridized carbons (Fsp3) is 0.526. The molecule has 1 aromatic rings. The van der Waals surface area contributed by atoms with Crippen LogP contribution in [0.15, 0.2) is 24.8 Å². The molecule has 2 rings (SSSR count). The van der Waals surface area contributed by atoms with Crippen molar-refractivity contribution >= 4 is 5.91 Å². The number of methoxy groups -OCH3 is 2. The molecule has 0 radical (unpaired) electrons. The molecule has 1 aliphatic rings. The average Bonchev–Trinajstić information content (AvgIpc) is 2.58. The van der Waals surface area contributed by atoms with Gasteiger partial charge in [0.1, 0.15) is 0 Å². The minimum absolute atomic E-state index is 0.00648. The van der Waals surface area contributed by atoms with Gasteiger partial charge < -0.3 is 14.8 Å². The highest BCUT2D eigenvalue weighted by atomic mass is 16.5. The van der Waals surface area contributed by atoms with Crippen LogP contribution in [-0.2, 0) is 11.2 Å². The number of ether oxygens (including phenoxy) is 2. The minimum Gasteiger partial charge on any atom is -0.493 e. The summed E-state index contributed by atoms with van der Waals surface area (Å²) < 4.78 is 10.9. The number of nitrogens with one attached hydrogen (secondary N) is 1. The Balaban J connectivity index is 2.51. The van der Waals surface area contributed by atoms with E-state index in [2.05, 4.69) is 35.9 Å². The maximum atomic E-state index is 11.7. The van der Waals surface area contributed by atoms with Gasteiger partial charge in [-0.3, -0.25) is 9.69 Å². The molecule has 1 aromatic carbocycles. The Morgan fingerprint density at radius 2 is 2.08 bits per heavy atom. The predicted octanol–water partition coefficient (Wildman–Crippen LogP) is 2.70. The molecule has 5 heteroatoms. The minimum atomic E-state index is -0.00648. The number of hydrogen-bond donors (Lipinski definition) is 1. The lowest BCUT2D eigenvalue weighted by molar-refractivity contribution is -0.120. The summed E-state index contributed by atoms with van der Waals surface area (Å²) in [6, 6.07) is 4.26. The third kappa shape index (κ3) is 3.73. The number of nitrogens with zero attached hydrogens (tertiary/aromatic N) is 1. The zero-order chi connectivity index (χ0) is 17.7. The maximum absolute atomic E-state index is 11.7. The Bertz CT molecular complexity index is 601. The molecule has 1 heterocycles. The van der Waals surface area contributed by atoms with E-state index in [-0.39, 0.29) is 18.0 Å². The summed E-state index contributed by atoms with van der Waals surface area (Å²) in [7, 11) is 3.30. The summed E-state index contributed by atoms with van der Waals surface area (Å²) in [6.07, 6.45) is 3.71. The van der Waals surface area contributed by atoms with Gasteiger partial charge in [-0.2, -0.15) is 0 Å². The largest absolute Gasteiger partial charge is 0.493 e. The van der Waals surface area contributed by atoms with Crippen LogP contribution in [0.4, 0.5) is 0 Å². The summed E-state index contributed by atoms with van der Waals surface area (Å²) in [6.45, 7) is 9.26. The Kier molecular flexibility index (Phi) is 6.26. The van der Waals surface area contributed by atoms with Gasteiger partial charge in [0.2, 0.25) is 5.91 Å². The van der Waals surface area contributed by atoms with Crippen molar-refractivity contribution in [3.8, 4) is 11.5 Å². The maximum Gasteiger partial charge on any atom is 0.217 e. The number of carbonyl (C=O) groups is 1. The number of hydrogen-bond acceptors (Lipinski definition) is 4. The lowest BCUT2D eigenvalue weighted by atomic mass is 9.86. The monoisotopic (exact) mass is 332 g/mol. The topological polar surface area (TPSA) is 50.8 Å². The zero-order valence-corrected chi connectivity index (χ0v) is 15.1. The summed E-state index contributed by atoms with van der Waals surface area (Å²) in [4.78, 5) is 14.0. The Hall–Kier alpha value is -2.01. The van der Waals surface area contributed by atoms with Gasteiger partial charge in [0.05, 0.1) is 20.3 Å². The number of benzene rings is 1. The van der Waals surface area contributed by atoms with Gasteiger partial charge in [0.15, 0.2) is 11.5 Å². The standard InChI is InChI=1S/C19H28N2O3/c1-6-9-21-10-8-14-11-17(23-4)18(24-5)12-15(14)19(21)16(7-2)20-13(3)22/h6,11-12,16,19H,1,7-10H2,2-5H3,(H,20,22). The SMILES string of the molecule is C=CCN1CCc2cc(OC)c(OC)cc2C1C(CC)NC(C)=O. The molecule has 0 saturated heterocycles. The molecule has 0 fully saturated rings. The number of rotatable bonds is 7. The molecule has 0 saturated carbocycles. The van der Waals surface area contributed by atoms with Gasteiger partial charge in [0, 0.05) is 26.1 Å². The van der Waals surface area contributed by atoms with E-state index in [0.717, 1.165) is 37.4 Å². The van der Waals surface area contributed by atoms with E-state index in [1.807, 2.05) is 6.08 Å². The van der Waals surface area contributed by atoms with Crippen LogP contribution in [0.5, 0.6) is 11.5 Å². The Morgan fingerprint density at radius 1 is 1.42 bits per heavy atom. The second-order valence-corrected chi connectivity index (χ2v) is 6.10. The first kappa shape index (κ1) is 18.3. The van der Waals surface area contributed by atoms with Crippen LogP contribution >= 0.6 is 0 Å². The van der Waals surface area contributed by atoms with Crippen LogP contribution < -0.4 is 14.8 Å². The molecule has 5 nitrogen and oxygen atoms in total. The van der Waals surface area contributed by atoms with E-state index < -0.39 is 0 Å². The van der Waals surface area contributed by atoms with Crippen LogP contribution in [-0.4, -0.2) is 44.2 Å². The summed E-state index contributed by atoms with van der Waals surface area (Å²) in [5.41, 5.74) is 2.45. The van der Waals surface area contributed by atoms with Gasteiger partial charge in [0.25, 0.3) is 0 Å². The summed E-state index contributed by atoms with van der Waals surface area (Å²) >= 11 is 0. The van der Waals surface area contributed by atoms with Crippen LogP contribution in [0, 0.1) is 0 Å². The Labute approximate surface area is 144 Å². The van der Waals surface area contributed by atoms with E-state index in [4.69, 9.17) is 9.47 Å². The van der Waals surface area contributed by atoms with Crippen molar-refractivity contribution in [3.63, 3.8) is 0 Å². The fourth-order valence-corrected chi connectivity index (χ4v) is 3.54. The van der Waals surface area contributed by atoms with Crippen molar-refractivity contribution in [1.29, 1.82) is 0 Å². The number of carbonyl (C=O) groups excluding carboxylic acids is 1. The zero-order valence-electron chi connectivity index (χ0n) is 15.1. The van der Waals surface area contributed by atoms with Crippen LogP contribution in [0.3, 0.4) is 0 Å². The first-order chi connectivity index (χ1) is 11.5. The van der Waals surface area contributed by atoms with Gasteiger partial charge in [-0.25, -0.2) is 0 Å². The third-order valence-electron chi connectivity index (χ3n) is 4.60. The quantitative estimate of drug-likeness (QED) is 0.780. The average molecular weight is 332 g/mol. The predicted molar refractivity (Wildman–Crippen MR) is 95.7 cm³/mol. The van der Waals surface area contributed by atoms with Crippen molar-refractivity contribution < 1.29 is 14.3 Å². The molecule has 0 spiro atoms. The molecule has 0 aliphatic carbocycles. The highest BCUT2D eigenvalue weighted by Gasteiger charge is 2.34. The van der Waals surface area contributed by atoms with Crippen LogP contribution in [0.2, 0.25) is 0 Å². The molecule has 24 heavy (non-hydrogen) atoms. The molecule has 1 amide bonds. The lowest BCUT2D eigenvalue weighted by Gasteiger charge is -2.41. The second-order valence-electron chi connectivity index (χ2n) is 6.10. The first-order valence-electron chi connectivity index (χ1n) is 8.42. The fourth-order valence-electron chi connectivity index (χ4n) is 3.54. The summed E-state index contributed by atoms with van der Waals surface area (Å²) in [5.74, 6) is 1.46. The van der Waals surface area contributed by atoms with E-state index in [1.54, 1.807) is 21.1 Å². The van der Waals surface area contributed by atoms with Crippen molar-refractivity contribution in [3.05, 3.63) is 35.9 Å². The smallest absolute Gasteiger partial charge is 0.217 e. The molecule has 1 N–H and O–H groups in total. The molecule has 0 bridgehead atoms. The molecule has 0 aromatic heterocycles. The molecule has 2 atom stereocenters. The van der Waals surface area contributed by atoms with E-state index in [0.29, 0.717) is 0 Å². The highest BCUT2D eigenvalue weighted by molar-refractivity contribution is 5.73. The normalized spacial score (nSPS) is 18.4. The molecular formula is C19H28N2O3. The van der Waals surface area contributed by atoms with Crippen molar-refractivity contribution in [2.24, 2.45) is 0 Å². The van der Waals surface area contributed by atoms with Crippen molar-refractivity contribution in [2.75, 3.05) is 27.3 Å². The van der Waals surface area contributed by atoms with Gasteiger partial charge >= 0.3 is 0 Å². The van der Waals surface area contributed by atoms with Crippen molar-refractivity contribution in [2.45, 2.75) is 38.8 Å². The number of amides is 1. The van der Waals surface area contributed by atoms with Gasteiger partial charge in [-0.15, -0.1) is 6.58 Å². The summed E-state index contributed by atoms with van der Waals surface area (Å²) in [5, 5.41) is 3.11. The van der Waals surface area contributed by atoms with E-state index >= 15 is 0 Å². The second kappa shape index (κ2) is 8.20. The van der Waals surface area contributed by atoms with Crippen molar-refractivity contribution in [1.82, 2.24) is 10.2 Å². The van der Waals surface area contributed by atoms with Gasteiger partial charge in [-0.1, -0.05) is 13.0 Å². The molecular weight excluding hydrogens is 304 g/mol. The third-order valence-corrected chi connectivity index (χ3v) is 4.60. The van der Waals surface area contributed by atoms with Crippen LogP contribution in [0.25, 0.3) is 0 Å². The highest BCUT2D eigenvalue weighted by Crippen LogP contribution is 2.39. The molecule has 1 aliphatic heterocycles. The van der Waals surface area contributed by atoms with E-state index in [1.165, 1.54) is 11.1 Å². The molecule has 132 valence electrons. The first-order valence-corrected chi connectivity index (χ1v) is 8.42. The molecule has 2 unspecified atom stereocenters. The lowest BCUT2D eigenvalue weighted by Crippen LogP contribution is -2.48. The van der Waals surface area contributed by atoms with E-state index in [9.17, 15) is 4.79 Å². The van der Waals surface area contributed by atoms with Gasteiger partial charge in [-0.05, 0) is 36.1 Å². The van der Waals surface area contributed by atoms with Crippen LogP contribution in [0.1, 0.15) is 37.4 Å². The number of fused-ring (bicyclic) bond motifs is 1. The Morgan fingerprint density at radius 3 is 2.62 bits per heavy atom.